The average molecular weight is 450 g/mol. The van der Waals surface area contributed by atoms with E-state index in [4.69, 9.17) is 10.7 Å². The van der Waals surface area contributed by atoms with Gasteiger partial charge in [0, 0.05) is 22.7 Å². The first kappa shape index (κ1) is 21.3. The second-order valence-corrected chi connectivity index (χ2v) is 8.05. The number of imidazole rings is 1. The lowest BCUT2D eigenvalue weighted by molar-refractivity contribution is 0.0935. The summed E-state index contributed by atoms with van der Waals surface area (Å²) >= 11 is 0. The van der Waals surface area contributed by atoms with Gasteiger partial charge in [-0.25, -0.2) is 15.0 Å². The summed E-state index contributed by atoms with van der Waals surface area (Å²) in [5.74, 6) is 0.430. The summed E-state index contributed by atoms with van der Waals surface area (Å²) in [6.07, 6.45) is 3.45. The molecule has 0 fully saturated rings. The molecule has 5 aromatic rings. The minimum atomic E-state index is -0.409. The predicted molar refractivity (Wildman–Crippen MR) is 132 cm³/mol. The number of hydrogen-bond donors (Lipinski definition) is 3. The van der Waals surface area contributed by atoms with Gasteiger partial charge in [-0.3, -0.25) is 9.78 Å². The van der Waals surface area contributed by atoms with Crippen LogP contribution in [-0.2, 0) is 0 Å². The van der Waals surface area contributed by atoms with Crippen molar-refractivity contribution in [2.45, 2.75) is 19.9 Å². The number of nitrogens with two attached hydrogens (primary N) is 1. The number of benzene rings is 2. The van der Waals surface area contributed by atoms with Crippen molar-refractivity contribution in [2.24, 2.45) is 0 Å². The van der Waals surface area contributed by atoms with Crippen LogP contribution in [0, 0.1) is 6.92 Å². The van der Waals surface area contributed by atoms with Crippen LogP contribution in [0.5, 0.6) is 0 Å². The number of aryl methyl sites for hydroxylation is 1. The van der Waals surface area contributed by atoms with Crippen LogP contribution in [0.1, 0.15) is 35.0 Å². The van der Waals surface area contributed by atoms with Crippen LogP contribution >= 0.6 is 0 Å². The van der Waals surface area contributed by atoms with Gasteiger partial charge in [-0.05, 0) is 32.0 Å². The summed E-state index contributed by atoms with van der Waals surface area (Å²) in [6, 6.07) is 19.1. The lowest BCUT2D eigenvalue weighted by Gasteiger charge is -2.16. The molecule has 168 valence electrons. The van der Waals surface area contributed by atoms with Crippen molar-refractivity contribution >= 4 is 22.6 Å². The zero-order chi connectivity index (χ0) is 23.7. The standard InChI is InChI=1S/C26H23N7O/c1-15(21-14-29-16(2)31-21)30-26(34)24-25(27)33-22(17-7-4-3-5-8-17)23(32-24)19-10-11-20-18(13-19)9-6-12-28-20/h3-15H,1-2H3,(H2,27,33)(H,29,31)(H,30,34). The molecular formula is C26H23N7O. The number of carbonyl (C=O) groups excluding carboxylic acids is 1. The molecule has 5 rings (SSSR count). The highest BCUT2D eigenvalue weighted by Crippen LogP contribution is 2.32. The number of carbonyl (C=O) groups is 1. The van der Waals surface area contributed by atoms with E-state index in [-0.39, 0.29) is 17.6 Å². The van der Waals surface area contributed by atoms with Crippen LogP contribution in [0.25, 0.3) is 33.4 Å². The number of aromatic nitrogens is 5. The number of hydrogen-bond acceptors (Lipinski definition) is 6. The maximum absolute atomic E-state index is 13.2. The SMILES string of the molecule is Cc1ncc(C(C)NC(=O)c2nc(-c3ccc4ncccc4c3)c(-c3ccccc3)nc2N)[nH]1. The third-order valence-electron chi connectivity index (χ3n) is 5.60. The van der Waals surface area contributed by atoms with Gasteiger partial charge in [0.25, 0.3) is 5.91 Å². The van der Waals surface area contributed by atoms with E-state index < -0.39 is 5.91 Å². The van der Waals surface area contributed by atoms with E-state index in [2.05, 4.69) is 25.3 Å². The number of H-pyrrole nitrogens is 1. The Kier molecular flexibility index (Phi) is 5.47. The summed E-state index contributed by atoms with van der Waals surface area (Å²) in [5.41, 5.74) is 10.8. The minimum Gasteiger partial charge on any atom is -0.382 e. The second kappa shape index (κ2) is 8.74. The van der Waals surface area contributed by atoms with Crippen molar-refractivity contribution in [1.29, 1.82) is 0 Å². The highest BCUT2D eigenvalue weighted by atomic mass is 16.2. The molecule has 0 bridgehead atoms. The van der Waals surface area contributed by atoms with E-state index in [1.165, 1.54) is 0 Å². The van der Waals surface area contributed by atoms with Gasteiger partial charge in [0.15, 0.2) is 11.5 Å². The van der Waals surface area contributed by atoms with E-state index in [9.17, 15) is 4.79 Å². The summed E-state index contributed by atoms with van der Waals surface area (Å²) in [5, 5.41) is 3.90. The molecule has 0 spiro atoms. The molecule has 2 aromatic carbocycles. The molecular weight excluding hydrogens is 426 g/mol. The fourth-order valence-corrected chi connectivity index (χ4v) is 3.84. The fraction of sp³-hybridized carbons (Fsp3) is 0.115. The molecule has 0 aliphatic rings. The maximum Gasteiger partial charge on any atom is 0.274 e. The highest BCUT2D eigenvalue weighted by molar-refractivity contribution is 5.98. The predicted octanol–water partition coefficient (Wildman–Crippen LogP) is 4.46. The zero-order valence-electron chi connectivity index (χ0n) is 18.8. The van der Waals surface area contributed by atoms with E-state index in [0.717, 1.165) is 33.5 Å². The van der Waals surface area contributed by atoms with Gasteiger partial charge in [0.2, 0.25) is 0 Å². The quantitative estimate of drug-likeness (QED) is 0.364. The number of anilines is 1. The smallest absolute Gasteiger partial charge is 0.274 e. The third-order valence-corrected chi connectivity index (χ3v) is 5.60. The summed E-state index contributed by atoms with van der Waals surface area (Å²) in [4.78, 5) is 34.2. The van der Waals surface area contributed by atoms with E-state index in [0.29, 0.717) is 11.4 Å². The average Bonchev–Trinajstić information content (AvgIpc) is 3.30. The van der Waals surface area contributed by atoms with Crippen molar-refractivity contribution < 1.29 is 4.79 Å². The Morgan fingerprint density at radius 2 is 1.76 bits per heavy atom. The molecule has 0 aliphatic carbocycles. The molecule has 0 radical (unpaired) electrons. The Morgan fingerprint density at radius 3 is 2.53 bits per heavy atom. The van der Waals surface area contributed by atoms with Gasteiger partial charge in [0.1, 0.15) is 5.82 Å². The third kappa shape index (κ3) is 4.09. The number of fused-ring (bicyclic) bond motifs is 1. The van der Waals surface area contributed by atoms with Gasteiger partial charge in [-0.2, -0.15) is 0 Å². The van der Waals surface area contributed by atoms with Crippen LogP contribution in [0.2, 0.25) is 0 Å². The first-order chi connectivity index (χ1) is 16.5. The van der Waals surface area contributed by atoms with Crippen LogP contribution < -0.4 is 11.1 Å². The van der Waals surface area contributed by atoms with E-state index >= 15 is 0 Å². The van der Waals surface area contributed by atoms with Gasteiger partial charge in [-0.1, -0.05) is 42.5 Å². The van der Waals surface area contributed by atoms with Gasteiger partial charge in [-0.15, -0.1) is 0 Å². The van der Waals surface area contributed by atoms with Gasteiger partial charge in [0.05, 0.1) is 34.8 Å². The lowest BCUT2D eigenvalue weighted by Crippen LogP contribution is -2.29. The molecule has 1 amide bonds. The molecule has 3 heterocycles. The summed E-state index contributed by atoms with van der Waals surface area (Å²) in [7, 11) is 0. The fourth-order valence-electron chi connectivity index (χ4n) is 3.84. The summed E-state index contributed by atoms with van der Waals surface area (Å²) < 4.78 is 0. The Labute approximate surface area is 196 Å². The van der Waals surface area contributed by atoms with Crippen molar-refractivity contribution in [3.05, 3.63) is 90.3 Å². The first-order valence-corrected chi connectivity index (χ1v) is 10.9. The molecule has 34 heavy (non-hydrogen) atoms. The number of pyridine rings is 1. The van der Waals surface area contributed by atoms with Crippen LogP contribution in [0.3, 0.4) is 0 Å². The molecule has 0 aliphatic heterocycles. The number of rotatable bonds is 5. The monoisotopic (exact) mass is 449 g/mol. The molecule has 8 heteroatoms. The van der Waals surface area contributed by atoms with Gasteiger partial charge < -0.3 is 16.0 Å². The topological polar surface area (TPSA) is 122 Å². The Bertz CT molecular complexity index is 1490. The van der Waals surface area contributed by atoms with Gasteiger partial charge >= 0.3 is 0 Å². The maximum atomic E-state index is 13.2. The molecule has 1 atom stereocenters. The minimum absolute atomic E-state index is 0.0653. The molecule has 1 unspecified atom stereocenters. The largest absolute Gasteiger partial charge is 0.382 e. The normalized spacial score (nSPS) is 11.9. The lowest BCUT2D eigenvalue weighted by atomic mass is 10.0. The molecule has 8 nitrogen and oxygen atoms in total. The van der Waals surface area contributed by atoms with E-state index in [1.807, 2.05) is 74.5 Å². The van der Waals surface area contributed by atoms with Crippen molar-refractivity contribution in [2.75, 3.05) is 5.73 Å². The number of nitrogens with zero attached hydrogens (tertiary/aromatic N) is 4. The Hall–Kier alpha value is -4.59. The molecule has 3 aromatic heterocycles. The van der Waals surface area contributed by atoms with Crippen molar-refractivity contribution in [3.63, 3.8) is 0 Å². The molecule has 4 N–H and O–H groups in total. The summed E-state index contributed by atoms with van der Waals surface area (Å²) in [6.45, 7) is 3.72. The number of nitrogen functional groups attached to an aromatic ring is 1. The number of aromatic amines is 1. The highest BCUT2D eigenvalue weighted by Gasteiger charge is 2.22. The van der Waals surface area contributed by atoms with Crippen molar-refractivity contribution in [3.8, 4) is 22.5 Å². The number of amides is 1. The van der Waals surface area contributed by atoms with Crippen LogP contribution in [0.15, 0.2) is 73.1 Å². The first-order valence-electron chi connectivity index (χ1n) is 10.9. The van der Waals surface area contributed by atoms with Crippen LogP contribution in [-0.4, -0.2) is 30.8 Å². The van der Waals surface area contributed by atoms with E-state index in [1.54, 1.807) is 12.4 Å². The van der Waals surface area contributed by atoms with Crippen molar-refractivity contribution in [1.82, 2.24) is 30.2 Å². The Balaban J connectivity index is 1.60. The van der Waals surface area contributed by atoms with Crippen LogP contribution in [0.4, 0.5) is 5.82 Å². The molecule has 0 saturated heterocycles. The number of nitrogens with one attached hydrogen (secondary N) is 2. The Morgan fingerprint density at radius 1 is 0.971 bits per heavy atom. The zero-order valence-corrected chi connectivity index (χ0v) is 18.8. The molecule has 0 saturated carbocycles. The second-order valence-electron chi connectivity index (χ2n) is 8.05.